The number of benzene rings is 1. The molecule has 2 aliphatic rings. The smallest absolute Gasteiger partial charge is 0.135 e. The number of hydrogen-bond donors (Lipinski definition) is 3. The van der Waals surface area contributed by atoms with Gasteiger partial charge in [0.2, 0.25) is 0 Å². The highest BCUT2D eigenvalue weighted by Crippen LogP contribution is 2.35. The van der Waals surface area contributed by atoms with Crippen LogP contribution in [0.15, 0.2) is 67.1 Å². The van der Waals surface area contributed by atoms with Crippen LogP contribution in [0, 0.1) is 5.92 Å². The maximum atomic E-state index is 5.05. The highest BCUT2D eigenvalue weighted by molar-refractivity contribution is 5.99. The van der Waals surface area contributed by atoms with E-state index in [1.807, 2.05) is 24.5 Å². The van der Waals surface area contributed by atoms with Crippen LogP contribution >= 0.6 is 0 Å². The van der Waals surface area contributed by atoms with Crippen LogP contribution in [-0.4, -0.2) is 38.2 Å². The molecule has 7 nitrogen and oxygen atoms in total. The molecule has 5 heterocycles. The standard InChI is InChI=1S/C31H33N7/c1-20(21-8-3-4-9-21)33-23-16-22(18-32-19-23)25-12-13-27-30(35-25)31(37-36-27)28-17-24-26(34-28)10-7-11-29(24)38-14-5-2-6-15-38/h7,10-13,16-19,21,33-34H,1-6,8-9,14-15H2,(H,36,37). The molecule has 0 bridgehead atoms. The summed E-state index contributed by atoms with van der Waals surface area (Å²) in [5.74, 6) is 0.549. The molecule has 1 saturated carbocycles. The quantitative estimate of drug-likeness (QED) is 0.227. The van der Waals surface area contributed by atoms with Gasteiger partial charge in [-0.15, -0.1) is 0 Å². The van der Waals surface area contributed by atoms with Gasteiger partial charge in [0.25, 0.3) is 0 Å². The number of nitrogens with zero attached hydrogens (tertiary/aromatic N) is 4. The van der Waals surface area contributed by atoms with Gasteiger partial charge in [-0.2, -0.15) is 5.10 Å². The minimum absolute atomic E-state index is 0.549. The van der Waals surface area contributed by atoms with Crippen molar-refractivity contribution in [2.24, 2.45) is 5.92 Å². The molecule has 0 atom stereocenters. The van der Waals surface area contributed by atoms with E-state index in [1.165, 1.54) is 56.0 Å². The van der Waals surface area contributed by atoms with Gasteiger partial charge < -0.3 is 15.2 Å². The van der Waals surface area contributed by atoms with Gasteiger partial charge in [-0.05, 0) is 74.4 Å². The second-order valence-electron chi connectivity index (χ2n) is 10.7. The van der Waals surface area contributed by atoms with Crippen molar-refractivity contribution in [2.45, 2.75) is 44.9 Å². The third kappa shape index (κ3) is 4.22. The summed E-state index contributed by atoms with van der Waals surface area (Å²) in [6.45, 7) is 6.53. The zero-order chi connectivity index (χ0) is 25.5. The number of nitrogens with one attached hydrogen (secondary N) is 3. The molecule has 38 heavy (non-hydrogen) atoms. The van der Waals surface area contributed by atoms with Crippen molar-refractivity contribution < 1.29 is 0 Å². The fraction of sp³-hybridized carbons (Fsp3) is 0.323. The summed E-state index contributed by atoms with van der Waals surface area (Å²) in [4.78, 5) is 15.7. The minimum Gasteiger partial charge on any atom is -0.371 e. The van der Waals surface area contributed by atoms with Crippen molar-refractivity contribution in [3.8, 4) is 22.6 Å². The van der Waals surface area contributed by atoms with Crippen LogP contribution in [-0.2, 0) is 0 Å². The normalized spacial score (nSPS) is 16.5. The molecule has 1 aromatic carbocycles. The first-order valence-corrected chi connectivity index (χ1v) is 13.9. The van der Waals surface area contributed by atoms with E-state index in [2.05, 4.69) is 67.3 Å². The highest BCUT2D eigenvalue weighted by atomic mass is 15.1. The zero-order valence-electron chi connectivity index (χ0n) is 21.6. The van der Waals surface area contributed by atoms with Crippen molar-refractivity contribution in [3.63, 3.8) is 0 Å². The summed E-state index contributed by atoms with van der Waals surface area (Å²) in [6.07, 6.45) is 12.6. The van der Waals surface area contributed by atoms with E-state index in [1.54, 1.807) is 0 Å². The SMILES string of the molecule is C=C(Nc1cncc(-c2ccc3[nH]nc(-c4cc5c(N6CCCCC6)cccc5[nH]4)c3n2)c1)C1CCCC1. The van der Waals surface area contributed by atoms with E-state index in [0.29, 0.717) is 5.92 Å². The predicted molar refractivity (Wildman–Crippen MR) is 155 cm³/mol. The molecule has 0 radical (unpaired) electrons. The van der Waals surface area contributed by atoms with E-state index in [0.717, 1.165) is 63.7 Å². The number of pyridine rings is 2. The maximum Gasteiger partial charge on any atom is 0.135 e. The Morgan fingerprint density at radius 3 is 2.68 bits per heavy atom. The number of hydrogen-bond acceptors (Lipinski definition) is 5. The summed E-state index contributed by atoms with van der Waals surface area (Å²) in [6, 6.07) is 14.9. The van der Waals surface area contributed by atoms with Crippen LogP contribution in [0.2, 0.25) is 0 Å². The molecule has 7 heteroatoms. The molecule has 2 fully saturated rings. The number of piperidine rings is 1. The van der Waals surface area contributed by atoms with Gasteiger partial charge in [-0.3, -0.25) is 10.1 Å². The molecule has 1 saturated heterocycles. The summed E-state index contributed by atoms with van der Waals surface area (Å²) < 4.78 is 0. The van der Waals surface area contributed by atoms with Crippen molar-refractivity contribution in [2.75, 3.05) is 23.3 Å². The number of anilines is 2. The molecular weight excluding hydrogens is 470 g/mol. The first-order valence-electron chi connectivity index (χ1n) is 13.9. The zero-order valence-corrected chi connectivity index (χ0v) is 21.6. The number of allylic oxidation sites excluding steroid dienone is 1. The summed E-state index contributed by atoms with van der Waals surface area (Å²) in [5, 5.41) is 12.6. The molecule has 5 aromatic rings. The molecule has 1 aliphatic carbocycles. The Balaban J connectivity index is 1.22. The van der Waals surface area contributed by atoms with Crippen LogP contribution in [0.3, 0.4) is 0 Å². The van der Waals surface area contributed by atoms with Crippen molar-refractivity contribution in [1.82, 2.24) is 25.1 Å². The molecule has 192 valence electrons. The molecule has 0 spiro atoms. The summed E-state index contributed by atoms with van der Waals surface area (Å²) in [5.41, 5.74) is 9.87. The number of fused-ring (bicyclic) bond motifs is 2. The topological polar surface area (TPSA) is 85.5 Å². The van der Waals surface area contributed by atoms with E-state index >= 15 is 0 Å². The Hall–Kier alpha value is -4.13. The van der Waals surface area contributed by atoms with Crippen molar-refractivity contribution >= 4 is 33.3 Å². The Morgan fingerprint density at radius 2 is 1.82 bits per heavy atom. The van der Waals surface area contributed by atoms with Gasteiger partial charge in [-0.25, -0.2) is 4.98 Å². The third-order valence-corrected chi connectivity index (χ3v) is 8.19. The summed E-state index contributed by atoms with van der Waals surface area (Å²) in [7, 11) is 0. The van der Waals surface area contributed by atoms with E-state index in [9.17, 15) is 0 Å². The second-order valence-corrected chi connectivity index (χ2v) is 10.7. The van der Waals surface area contributed by atoms with Crippen LogP contribution in [0.25, 0.3) is 44.6 Å². The maximum absolute atomic E-state index is 5.05. The number of aromatic nitrogens is 5. The highest BCUT2D eigenvalue weighted by Gasteiger charge is 2.20. The van der Waals surface area contributed by atoms with Crippen molar-refractivity contribution in [1.29, 1.82) is 0 Å². The van der Waals surface area contributed by atoms with Crippen molar-refractivity contribution in [3.05, 3.63) is 67.1 Å². The largest absolute Gasteiger partial charge is 0.371 e. The Morgan fingerprint density at radius 1 is 0.947 bits per heavy atom. The molecule has 0 amide bonds. The Kier molecular flexibility index (Phi) is 5.84. The molecule has 3 N–H and O–H groups in total. The summed E-state index contributed by atoms with van der Waals surface area (Å²) >= 11 is 0. The van der Waals surface area contributed by atoms with E-state index < -0.39 is 0 Å². The van der Waals surface area contributed by atoms with E-state index in [-0.39, 0.29) is 0 Å². The average Bonchev–Trinajstić information content (AvgIpc) is 3.73. The van der Waals surface area contributed by atoms with Crippen LogP contribution in [0.1, 0.15) is 44.9 Å². The van der Waals surface area contributed by atoms with E-state index in [4.69, 9.17) is 4.98 Å². The predicted octanol–water partition coefficient (Wildman–Crippen LogP) is 7.27. The fourth-order valence-electron chi connectivity index (χ4n) is 6.13. The number of aromatic amines is 2. The Labute approximate surface area is 222 Å². The lowest BCUT2D eigenvalue weighted by molar-refractivity contribution is 0.579. The Bertz CT molecular complexity index is 1620. The lowest BCUT2D eigenvalue weighted by Crippen LogP contribution is -2.29. The van der Waals surface area contributed by atoms with Crippen LogP contribution in [0.5, 0.6) is 0 Å². The second kappa shape index (κ2) is 9.63. The third-order valence-electron chi connectivity index (χ3n) is 8.19. The monoisotopic (exact) mass is 503 g/mol. The average molecular weight is 504 g/mol. The number of H-pyrrole nitrogens is 2. The fourth-order valence-corrected chi connectivity index (χ4v) is 6.13. The number of rotatable bonds is 6. The van der Waals surface area contributed by atoms with Gasteiger partial charge in [0.1, 0.15) is 11.2 Å². The van der Waals surface area contributed by atoms with Gasteiger partial charge in [0, 0.05) is 47.1 Å². The molecule has 1 aliphatic heterocycles. The molecule has 0 unspecified atom stereocenters. The van der Waals surface area contributed by atoms with Crippen LogP contribution in [0.4, 0.5) is 11.4 Å². The van der Waals surface area contributed by atoms with Gasteiger partial charge in [0.15, 0.2) is 0 Å². The van der Waals surface area contributed by atoms with Gasteiger partial charge >= 0.3 is 0 Å². The minimum atomic E-state index is 0.549. The van der Waals surface area contributed by atoms with Gasteiger partial charge in [0.05, 0.1) is 28.8 Å². The molecular formula is C31H33N7. The van der Waals surface area contributed by atoms with Gasteiger partial charge in [-0.1, -0.05) is 25.5 Å². The molecule has 7 rings (SSSR count). The lowest BCUT2D eigenvalue weighted by Gasteiger charge is -2.29. The lowest BCUT2D eigenvalue weighted by atomic mass is 10.0. The van der Waals surface area contributed by atoms with Crippen LogP contribution < -0.4 is 10.2 Å². The first-order chi connectivity index (χ1) is 18.7. The molecule has 4 aromatic heterocycles. The first kappa shape index (κ1) is 23.0.